The second-order valence-corrected chi connectivity index (χ2v) is 7.07. The number of aliphatic hydroxyl groups excluding tert-OH is 1. The summed E-state index contributed by atoms with van der Waals surface area (Å²) in [5.41, 5.74) is 3.96. The molecule has 130 valence electrons. The van der Waals surface area contributed by atoms with E-state index < -0.39 is 43.4 Å². The first-order chi connectivity index (χ1) is 11.1. The van der Waals surface area contributed by atoms with Crippen LogP contribution in [0.15, 0.2) is 6.33 Å². The molecule has 0 saturated carbocycles. The molecule has 1 aliphatic rings. The van der Waals surface area contributed by atoms with Gasteiger partial charge in [0.2, 0.25) is 0 Å². The number of imidazole rings is 1. The maximum absolute atomic E-state index is 13.4. The highest BCUT2D eigenvalue weighted by Crippen LogP contribution is 2.50. The fraction of sp³-hybridized carbons (Fsp3) is 0.400. The summed E-state index contributed by atoms with van der Waals surface area (Å²) >= 11 is 6.01. The Morgan fingerprint density at radius 1 is 1.42 bits per heavy atom. The molecule has 0 amide bonds. The number of fused-ring (bicyclic) bond motifs is 1. The van der Waals surface area contributed by atoms with Crippen molar-refractivity contribution in [2.45, 2.75) is 23.8 Å². The minimum absolute atomic E-state index is 0.0430. The molecule has 3 heterocycles. The Bertz CT molecular complexity index is 815. The number of carbonyl (C=O) groups is 1. The van der Waals surface area contributed by atoms with Gasteiger partial charge in [0.25, 0.3) is 0 Å². The van der Waals surface area contributed by atoms with Crippen molar-refractivity contribution in [3.05, 3.63) is 12.4 Å². The predicted octanol–water partition coefficient (Wildman–Crippen LogP) is -1.32. The van der Waals surface area contributed by atoms with E-state index in [0.29, 0.717) is 0 Å². The summed E-state index contributed by atoms with van der Waals surface area (Å²) in [5.74, 6) is -0.237. The lowest BCUT2D eigenvalue weighted by Crippen LogP contribution is -2.35. The van der Waals surface area contributed by atoms with Crippen LogP contribution in [-0.4, -0.2) is 62.4 Å². The highest BCUT2D eigenvalue weighted by molar-refractivity contribution is 7.76. The lowest BCUT2D eigenvalue weighted by molar-refractivity contribution is -0.129. The predicted molar refractivity (Wildman–Crippen MR) is 77.8 cm³/mol. The molecule has 24 heavy (non-hydrogen) atoms. The van der Waals surface area contributed by atoms with Crippen LogP contribution in [0.25, 0.3) is 11.2 Å². The Balaban J connectivity index is 2.01. The minimum Gasteiger partial charge on any atom is -0.388 e. The average Bonchev–Trinajstić information content (AvgIpc) is 3.00. The van der Waals surface area contributed by atoms with Gasteiger partial charge in [-0.3, -0.25) is 4.57 Å². The van der Waals surface area contributed by atoms with E-state index in [1.807, 2.05) is 0 Å². The van der Waals surface area contributed by atoms with Gasteiger partial charge >= 0.3 is 19.5 Å². The molecule has 2 aromatic rings. The number of nitrogens with zero attached hydrogens (tertiary/aromatic N) is 4. The first-order valence-electron chi connectivity index (χ1n) is 6.36. The highest BCUT2D eigenvalue weighted by atomic mass is 35.5. The zero-order valence-electron chi connectivity index (χ0n) is 11.6. The molecule has 1 fully saturated rings. The molecule has 0 aromatic carbocycles. The number of nitrogens with two attached hydrogens (primary N) is 1. The normalized spacial score (nSPS) is 27.8. The molecule has 0 bridgehead atoms. The maximum atomic E-state index is 13.4. The standard InChI is InChI=1S/C10H11ClFN5O6P/c11-2-4(18)5(9(19)24(20,21)22)23-8(2)17-1-14-3-6(13)15-10(12)16-7(3)17/h1-2,4-5,8,18,20-22H,(H2,13,15,16)/q+1/t2-,4-,5-,8+/m0/s1. The molecule has 14 heteroatoms. The van der Waals surface area contributed by atoms with E-state index in [0.717, 1.165) is 10.9 Å². The van der Waals surface area contributed by atoms with Gasteiger partial charge in [0.05, 0.1) is 6.33 Å². The Hall–Kier alpha value is -1.53. The van der Waals surface area contributed by atoms with Crippen molar-refractivity contribution in [2.75, 3.05) is 5.73 Å². The van der Waals surface area contributed by atoms with Crippen LogP contribution in [-0.2, 0) is 9.53 Å². The van der Waals surface area contributed by atoms with Crippen LogP contribution >= 0.6 is 19.5 Å². The van der Waals surface area contributed by atoms with Gasteiger partial charge in [-0.15, -0.1) is 11.6 Å². The zero-order valence-corrected chi connectivity index (χ0v) is 13.2. The minimum atomic E-state index is -4.90. The monoisotopic (exact) mass is 382 g/mol. The van der Waals surface area contributed by atoms with Crippen molar-refractivity contribution in [2.24, 2.45) is 0 Å². The van der Waals surface area contributed by atoms with Gasteiger partial charge in [0.15, 0.2) is 29.3 Å². The molecule has 0 aliphatic carbocycles. The zero-order chi connectivity index (χ0) is 17.8. The van der Waals surface area contributed by atoms with E-state index in [-0.39, 0.29) is 17.0 Å². The van der Waals surface area contributed by atoms with Gasteiger partial charge in [0, 0.05) is 0 Å². The van der Waals surface area contributed by atoms with Crippen molar-refractivity contribution >= 4 is 42.1 Å². The average molecular weight is 383 g/mol. The molecule has 1 saturated heterocycles. The molecular weight excluding hydrogens is 372 g/mol. The van der Waals surface area contributed by atoms with Crippen LogP contribution in [0, 0.1) is 6.08 Å². The fourth-order valence-electron chi connectivity index (χ4n) is 2.33. The number of rotatable bonds is 3. The van der Waals surface area contributed by atoms with Gasteiger partial charge in [-0.25, -0.2) is 9.78 Å². The molecule has 0 radical (unpaired) electrons. The summed E-state index contributed by atoms with van der Waals surface area (Å²) in [7, 11) is -4.90. The molecule has 3 rings (SSSR count). The molecular formula is C10H11ClFN5O6P+. The lowest BCUT2D eigenvalue weighted by Gasteiger charge is -2.15. The number of hydrogen-bond acceptors (Lipinski definition) is 10. The van der Waals surface area contributed by atoms with Gasteiger partial charge < -0.3 is 15.6 Å². The Kier molecular flexibility index (Phi) is 4.16. The van der Waals surface area contributed by atoms with Gasteiger partial charge in [-0.05, 0) is 0 Å². The number of alkyl halides is 1. The summed E-state index contributed by atoms with van der Waals surface area (Å²) in [6, 6.07) is 0. The number of nitrogen functional groups attached to an aromatic ring is 1. The summed E-state index contributed by atoms with van der Waals surface area (Å²) in [6.07, 6.45) is -4.73. The Labute approximate surface area is 138 Å². The van der Waals surface area contributed by atoms with Crippen LogP contribution in [0.4, 0.5) is 10.2 Å². The second-order valence-electron chi connectivity index (χ2n) is 4.99. The molecule has 6 N–H and O–H groups in total. The van der Waals surface area contributed by atoms with Crippen LogP contribution in [0.2, 0.25) is 0 Å². The number of carbonyl (C=O) groups excluding carboxylic acids is 1. The lowest BCUT2D eigenvalue weighted by atomic mass is 10.2. The molecule has 4 atom stereocenters. The van der Waals surface area contributed by atoms with Crippen molar-refractivity contribution in [3.63, 3.8) is 0 Å². The molecule has 1 aliphatic heterocycles. The second kappa shape index (κ2) is 5.77. The summed E-state index contributed by atoms with van der Waals surface area (Å²) in [5, 5.41) is 8.72. The van der Waals surface area contributed by atoms with Crippen molar-refractivity contribution in [3.8, 4) is 0 Å². The van der Waals surface area contributed by atoms with E-state index in [2.05, 4.69) is 15.0 Å². The largest absolute Gasteiger partial charge is 0.481 e. The number of hydrogen-bond donors (Lipinski definition) is 5. The summed E-state index contributed by atoms with van der Waals surface area (Å²) in [6.45, 7) is 0. The third-order valence-electron chi connectivity index (χ3n) is 3.43. The summed E-state index contributed by atoms with van der Waals surface area (Å²) in [4.78, 5) is 49.6. The van der Waals surface area contributed by atoms with Crippen LogP contribution in [0.5, 0.6) is 0 Å². The number of halogens is 2. The Morgan fingerprint density at radius 2 is 2.08 bits per heavy atom. The van der Waals surface area contributed by atoms with Crippen molar-refractivity contribution in [1.29, 1.82) is 0 Å². The van der Waals surface area contributed by atoms with Gasteiger partial charge in [-0.2, -0.15) is 29.0 Å². The highest BCUT2D eigenvalue weighted by Gasteiger charge is 2.58. The number of aliphatic hydroxyl groups is 1. The number of anilines is 1. The van der Waals surface area contributed by atoms with Crippen molar-refractivity contribution in [1.82, 2.24) is 19.5 Å². The maximum Gasteiger partial charge on any atom is 0.481 e. The third-order valence-corrected chi connectivity index (χ3v) is 4.75. The molecule has 0 spiro atoms. The first-order valence-corrected chi connectivity index (χ1v) is 8.44. The number of aromatic nitrogens is 4. The molecule has 2 aromatic heterocycles. The Morgan fingerprint density at radius 3 is 2.71 bits per heavy atom. The molecule has 0 unspecified atom stereocenters. The van der Waals surface area contributed by atoms with Crippen LogP contribution < -0.4 is 5.73 Å². The first kappa shape index (κ1) is 17.3. The van der Waals surface area contributed by atoms with E-state index in [9.17, 15) is 14.3 Å². The quantitative estimate of drug-likeness (QED) is 0.243. The van der Waals surface area contributed by atoms with Gasteiger partial charge in [-0.1, -0.05) is 0 Å². The number of ether oxygens (including phenoxy) is 1. The van der Waals surface area contributed by atoms with Gasteiger partial charge in [0.1, 0.15) is 11.5 Å². The summed E-state index contributed by atoms with van der Waals surface area (Å²) < 4.78 is 19.7. The molecule has 11 nitrogen and oxygen atoms in total. The van der Waals surface area contributed by atoms with Crippen molar-refractivity contribution < 1.29 is 33.7 Å². The van der Waals surface area contributed by atoms with E-state index in [1.165, 1.54) is 0 Å². The smallest absolute Gasteiger partial charge is 0.388 e. The fourth-order valence-corrected chi connectivity index (χ4v) is 3.20. The van der Waals surface area contributed by atoms with E-state index >= 15 is 0 Å². The third kappa shape index (κ3) is 2.71. The van der Waals surface area contributed by atoms with E-state index in [1.54, 1.807) is 0 Å². The van der Waals surface area contributed by atoms with Crippen LogP contribution in [0.3, 0.4) is 0 Å². The van der Waals surface area contributed by atoms with Crippen LogP contribution in [0.1, 0.15) is 6.23 Å². The van der Waals surface area contributed by atoms with E-state index in [4.69, 9.17) is 36.8 Å². The topological polar surface area (TPSA) is 177 Å². The SMILES string of the molecule is Nc1nc(F)nc2c1ncn2[C@@H]1O[C@H](C(=O)[P+](O)(O)O)[C@@H](O)[C@@H]1Cl.